The predicted octanol–water partition coefficient (Wildman–Crippen LogP) is -0.564. The van der Waals surface area contributed by atoms with Gasteiger partial charge in [0.15, 0.2) is 0 Å². The Hall–Kier alpha value is -3.58. The lowest BCUT2D eigenvalue weighted by Crippen LogP contribution is -2.57. The largest absolute Gasteiger partial charge is 0.481 e. The topological polar surface area (TPSA) is 204 Å². The predicted molar refractivity (Wildman–Crippen MR) is 130 cm³/mol. The molecule has 1 aromatic carbocycles. The monoisotopic (exact) mass is 507 g/mol. The summed E-state index contributed by atoms with van der Waals surface area (Å²) in [6.45, 7) is -0.344. The molecule has 0 fully saturated rings. The van der Waals surface area contributed by atoms with Crippen LogP contribution in [0.2, 0.25) is 0 Å². The van der Waals surface area contributed by atoms with Crippen LogP contribution < -0.4 is 21.7 Å². The van der Waals surface area contributed by atoms with Crippen LogP contribution in [0.3, 0.4) is 0 Å². The molecule has 1 aromatic heterocycles. The Morgan fingerprint density at radius 3 is 2.29 bits per heavy atom. The summed E-state index contributed by atoms with van der Waals surface area (Å²) < 4.78 is 0. The zero-order valence-corrected chi connectivity index (χ0v) is 19.9. The number of carbonyl (C=O) groups excluding carboxylic acids is 3. The fraction of sp³-hybridized carbons (Fsp3) is 0.409. The summed E-state index contributed by atoms with van der Waals surface area (Å²) in [6.07, 6.45) is 2.96. The standard InChI is InChI=1S/C22H29N5O7S/c1-35-7-6-15(20(31)27-17(22(33)34)9-19(29)30)26-21(32)16(25-18(28)10-23)8-12-11-24-14-5-3-2-4-13(12)14/h2-5,11,15-17,24H,6-10,23H2,1H3,(H,25,28)(H,26,32)(H,27,31)(H,29,30)(H,33,34)/t15-,16-,17-/m0/s1. The van der Waals surface area contributed by atoms with Gasteiger partial charge < -0.3 is 36.9 Å². The van der Waals surface area contributed by atoms with Gasteiger partial charge in [0.2, 0.25) is 17.7 Å². The highest BCUT2D eigenvalue weighted by Crippen LogP contribution is 2.19. The van der Waals surface area contributed by atoms with Crippen LogP contribution in [0.5, 0.6) is 0 Å². The van der Waals surface area contributed by atoms with Crippen molar-refractivity contribution in [3.8, 4) is 0 Å². The third-order valence-corrected chi connectivity index (χ3v) is 5.82. The zero-order valence-electron chi connectivity index (χ0n) is 19.1. The highest BCUT2D eigenvalue weighted by atomic mass is 32.2. The maximum absolute atomic E-state index is 13.2. The first-order chi connectivity index (χ1) is 16.7. The van der Waals surface area contributed by atoms with Gasteiger partial charge in [-0.2, -0.15) is 11.8 Å². The summed E-state index contributed by atoms with van der Waals surface area (Å²) in [5, 5.41) is 26.3. The summed E-state index contributed by atoms with van der Waals surface area (Å²) in [5.41, 5.74) is 7.01. The molecule has 0 saturated carbocycles. The van der Waals surface area contributed by atoms with Gasteiger partial charge in [0.1, 0.15) is 18.1 Å². The third-order valence-electron chi connectivity index (χ3n) is 5.17. The van der Waals surface area contributed by atoms with Crippen molar-refractivity contribution in [3.05, 3.63) is 36.0 Å². The molecule has 3 amide bonds. The minimum absolute atomic E-state index is 0.106. The quantitative estimate of drug-likeness (QED) is 0.175. The maximum Gasteiger partial charge on any atom is 0.326 e. The Kier molecular flexibility index (Phi) is 10.5. The molecular formula is C22H29N5O7S. The fourth-order valence-electron chi connectivity index (χ4n) is 3.41. The van der Waals surface area contributed by atoms with Gasteiger partial charge >= 0.3 is 11.9 Å². The van der Waals surface area contributed by atoms with Crippen LogP contribution >= 0.6 is 11.8 Å². The van der Waals surface area contributed by atoms with E-state index in [1.807, 2.05) is 24.3 Å². The molecular weight excluding hydrogens is 478 g/mol. The van der Waals surface area contributed by atoms with Gasteiger partial charge in [-0.25, -0.2) is 4.79 Å². The lowest BCUT2D eigenvalue weighted by Gasteiger charge is -2.24. The summed E-state index contributed by atoms with van der Waals surface area (Å²) in [7, 11) is 0. The van der Waals surface area contributed by atoms with Gasteiger partial charge in [0, 0.05) is 23.5 Å². The second-order valence-electron chi connectivity index (χ2n) is 7.73. The average Bonchev–Trinajstić information content (AvgIpc) is 3.22. The van der Waals surface area contributed by atoms with E-state index in [0.717, 1.165) is 16.5 Å². The number of aromatic nitrogens is 1. The molecule has 0 unspecified atom stereocenters. The number of fused-ring (bicyclic) bond motifs is 1. The van der Waals surface area contributed by atoms with Gasteiger partial charge in [0.25, 0.3) is 0 Å². The molecule has 13 heteroatoms. The van der Waals surface area contributed by atoms with Crippen molar-refractivity contribution in [3.63, 3.8) is 0 Å². The van der Waals surface area contributed by atoms with Crippen LogP contribution in [0.15, 0.2) is 30.5 Å². The lowest BCUT2D eigenvalue weighted by molar-refractivity contribution is -0.147. The minimum atomic E-state index is -1.66. The Balaban J connectivity index is 2.22. The Bertz CT molecular complexity index is 1070. The smallest absolute Gasteiger partial charge is 0.326 e. The zero-order chi connectivity index (χ0) is 26.0. The van der Waals surface area contributed by atoms with Gasteiger partial charge in [-0.1, -0.05) is 18.2 Å². The second-order valence-corrected chi connectivity index (χ2v) is 8.71. The van der Waals surface area contributed by atoms with Crippen molar-refractivity contribution in [2.24, 2.45) is 5.73 Å². The van der Waals surface area contributed by atoms with Gasteiger partial charge in [-0.05, 0) is 30.1 Å². The number of benzene rings is 1. The number of carboxylic acids is 2. The van der Waals surface area contributed by atoms with E-state index in [9.17, 15) is 29.1 Å². The van der Waals surface area contributed by atoms with Crippen LogP contribution in [-0.2, 0) is 30.4 Å². The molecule has 0 aliphatic rings. The minimum Gasteiger partial charge on any atom is -0.481 e. The molecule has 12 nitrogen and oxygen atoms in total. The number of rotatable bonds is 14. The number of hydrogen-bond acceptors (Lipinski definition) is 7. The van der Waals surface area contributed by atoms with Crippen LogP contribution in [0.4, 0.5) is 0 Å². The average molecular weight is 508 g/mol. The highest BCUT2D eigenvalue weighted by Gasteiger charge is 2.30. The number of carboxylic acid groups (broad SMARTS) is 2. The number of aliphatic carboxylic acids is 2. The number of nitrogens with one attached hydrogen (secondary N) is 4. The first-order valence-electron chi connectivity index (χ1n) is 10.7. The van der Waals surface area contributed by atoms with E-state index in [4.69, 9.17) is 10.8 Å². The first kappa shape index (κ1) is 27.7. The van der Waals surface area contributed by atoms with Crippen LogP contribution in [-0.4, -0.2) is 81.5 Å². The Morgan fingerprint density at radius 2 is 1.66 bits per heavy atom. The molecule has 0 aliphatic heterocycles. The van der Waals surface area contributed by atoms with Crippen LogP contribution in [0, 0.1) is 0 Å². The van der Waals surface area contributed by atoms with Crippen molar-refractivity contribution >= 4 is 52.3 Å². The number of hydrogen-bond donors (Lipinski definition) is 7. The Morgan fingerprint density at radius 1 is 1.00 bits per heavy atom. The molecule has 0 radical (unpaired) electrons. The molecule has 0 saturated heterocycles. The van der Waals surface area contributed by atoms with E-state index in [1.165, 1.54) is 11.8 Å². The Labute approximate surface area is 205 Å². The first-order valence-corrected chi connectivity index (χ1v) is 12.1. The number of amides is 3. The number of thioether (sulfide) groups is 1. The SMILES string of the molecule is CSCC[C@H](NC(=O)[C@H](Cc1c[nH]c2ccccc12)NC(=O)CN)C(=O)N[C@@H](CC(=O)O)C(=O)O. The van der Waals surface area contributed by atoms with E-state index in [-0.39, 0.29) is 19.4 Å². The van der Waals surface area contributed by atoms with E-state index < -0.39 is 54.2 Å². The van der Waals surface area contributed by atoms with Gasteiger partial charge in [-0.3, -0.25) is 19.2 Å². The van der Waals surface area contributed by atoms with Crippen molar-refractivity contribution in [1.82, 2.24) is 20.9 Å². The van der Waals surface area contributed by atoms with Crippen molar-refractivity contribution < 1.29 is 34.2 Å². The molecule has 8 N–H and O–H groups in total. The second kappa shape index (κ2) is 13.3. The normalized spacial score (nSPS) is 13.4. The van der Waals surface area contributed by atoms with Crippen LogP contribution in [0.1, 0.15) is 18.4 Å². The molecule has 35 heavy (non-hydrogen) atoms. The van der Waals surface area contributed by atoms with E-state index >= 15 is 0 Å². The molecule has 0 bridgehead atoms. The summed E-state index contributed by atoms with van der Waals surface area (Å²) in [6, 6.07) is 3.55. The lowest BCUT2D eigenvalue weighted by atomic mass is 10.0. The third kappa shape index (κ3) is 8.30. The number of carbonyl (C=O) groups is 5. The molecule has 0 aliphatic carbocycles. The summed E-state index contributed by atoms with van der Waals surface area (Å²) in [4.78, 5) is 63.3. The fourth-order valence-corrected chi connectivity index (χ4v) is 3.88. The number of aromatic amines is 1. The molecule has 190 valence electrons. The number of nitrogens with two attached hydrogens (primary N) is 1. The van der Waals surface area contributed by atoms with E-state index in [1.54, 1.807) is 12.5 Å². The number of para-hydroxylation sites is 1. The van der Waals surface area contributed by atoms with E-state index in [2.05, 4.69) is 20.9 Å². The number of H-pyrrole nitrogens is 1. The molecule has 3 atom stereocenters. The summed E-state index contributed by atoms with van der Waals surface area (Å²) >= 11 is 1.41. The molecule has 2 rings (SSSR count). The van der Waals surface area contributed by atoms with Crippen molar-refractivity contribution in [2.75, 3.05) is 18.6 Å². The van der Waals surface area contributed by atoms with Gasteiger partial charge in [-0.15, -0.1) is 0 Å². The summed E-state index contributed by atoms with van der Waals surface area (Å²) in [5.74, 6) is -4.52. The van der Waals surface area contributed by atoms with Crippen LogP contribution in [0.25, 0.3) is 10.9 Å². The van der Waals surface area contributed by atoms with E-state index in [0.29, 0.717) is 5.75 Å². The van der Waals surface area contributed by atoms with Crippen molar-refractivity contribution in [1.29, 1.82) is 0 Å². The van der Waals surface area contributed by atoms with Crippen molar-refractivity contribution in [2.45, 2.75) is 37.4 Å². The highest BCUT2D eigenvalue weighted by molar-refractivity contribution is 7.98. The molecule has 2 aromatic rings. The molecule has 1 heterocycles. The maximum atomic E-state index is 13.2. The van der Waals surface area contributed by atoms with Gasteiger partial charge in [0.05, 0.1) is 13.0 Å². The molecule has 0 spiro atoms.